The summed E-state index contributed by atoms with van der Waals surface area (Å²) in [6, 6.07) is 10.9. The second kappa shape index (κ2) is 9.51. The molecule has 0 atom stereocenters. The monoisotopic (exact) mass is 449 g/mol. The van der Waals surface area contributed by atoms with Crippen LogP contribution < -0.4 is 16.4 Å². The molecule has 2 aromatic heterocycles. The van der Waals surface area contributed by atoms with E-state index in [0.717, 1.165) is 55.6 Å². The van der Waals surface area contributed by atoms with Crippen LogP contribution in [0, 0.1) is 5.82 Å². The predicted molar refractivity (Wildman–Crippen MR) is 129 cm³/mol. The van der Waals surface area contributed by atoms with Gasteiger partial charge >= 0.3 is 0 Å². The first-order valence-electron chi connectivity index (χ1n) is 12.2. The number of pyridine rings is 1. The molecule has 2 fully saturated rings. The van der Waals surface area contributed by atoms with Gasteiger partial charge < -0.3 is 16.4 Å². The van der Waals surface area contributed by atoms with E-state index in [-0.39, 0.29) is 23.8 Å². The largest absolute Gasteiger partial charge is 0.367 e. The number of imidazole rings is 1. The Hall–Kier alpha value is -2.93. The Bertz CT molecular complexity index is 1110. The number of nitrogens with zero attached hydrogens (tertiary/aromatic N) is 2. The van der Waals surface area contributed by atoms with Crippen LogP contribution in [0.25, 0.3) is 16.9 Å². The summed E-state index contributed by atoms with van der Waals surface area (Å²) >= 11 is 0. The van der Waals surface area contributed by atoms with Crippen molar-refractivity contribution in [3.63, 3.8) is 0 Å². The third-order valence-corrected chi connectivity index (χ3v) is 7.06. The Morgan fingerprint density at radius 2 is 1.70 bits per heavy atom. The van der Waals surface area contributed by atoms with Crippen molar-refractivity contribution >= 4 is 17.4 Å². The third kappa shape index (κ3) is 4.88. The van der Waals surface area contributed by atoms with Crippen LogP contribution >= 0.6 is 0 Å². The van der Waals surface area contributed by atoms with Gasteiger partial charge in [-0.3, -0.25) is 9.20 Å². The van der Waals surface area contributed by atoms with Crippen molar-refractivity contribution in [3.8, 4) is 11.3 Å². The van der Waals surface area contributed by atoms with Gasteiger partial charge in [-0.25, -0.2) is 9.37 Å². The molecule has 2 aliphatic rings. The summed E-state index contributed by atoms with van der Waals surface area (Å²) in [5.41, 5.74) is 8.91. The number of nitrogens with two attached hydrogens (primary N) is 1. The molecule has 0 saturated heterocycles. The standard InChI is InChI=1S/C26H32FN5O/c27-19-8-6-17(7-9-19)24-25(29-21-4-2-1-3-5-21)32-15-14-18(16-23(32)31-24)26(33)30-22-12-10-20(28)11-13-22/h6-9,14-16,20-22,29H,1-5,10-13,28H2,(H,30,33). The first-order valence-corrected chi connectivity index (χ1v) is 12.2. The Balaban J connectivity index is 1.45. The van der Waals surface area contributed by atoms with E-state index in [0.29, 0.717) is 17.3 Å². The average Bonchev–Trinajstić information content (AvgIpc) is 3.19. The van der Waals surface area contributed by atoms with Gasteiger partial charge in [0.1, 0.15) is 23.0 Å². The van der Waals surface area contributed by atoms with Gasteiger partial charge in [-0.2, -0.15) is 0 Å². The SMILES string of the molecule is NC1CCC(NC(=O)c2ccn3c(NC4CCCCC4)c(-c4ccc(F)cc4)nc3c2)CC1. The molecule has 0 bridgehead atoms. The van der Waals surface area contributed by atoms with Crippen LogP contribution in [0.5, 0.6) is 0 Å². The number of rotatable bonds is 5. The molecule has 0 unspecified atom stereocenters. The molecule has 2 aliphatic carbocycles. The quantitative estimate of drug-likeness (QED) is 0.518. The summed E-state index contributed by atoms with van der Waals surface area (Å²) in [6.07, 6.45) is 11.6. The average molecular weight is 450 g/mol. The van der Waals surface area contributed by atoms with Crippen LogP contribution in [0.2, 0.25) is 0 Å². The smallest absolute Gasteiger partial charge is 0.251 e. The molecule has 0 spiro atoms. The molecule has 0 aliphatic heterocycles. The number of anilines is 1. The molecule has 33 heavy (non-hydrogen) atoms. The van der Waals surface area contributed by atoms with E-state index in [1.807, 2.05) is 22.7 Å². The van der Waals surface area contributed by atoms with Crippen LogP contribution in [-0.2, 0) is 0 Å². The highest BCUT2D eigenvalue weighted by atomic mass is 19.1. The maximum Gasteiger partial charge on any atom is 0.251 e. The van der Waals surface area contributed by atoms with Gasteiger partial charge in [0.25, 0.3) is 5.91 Å². The molecule has 174 valence electrons. The van der Waals surface area contributed by atoms with E-state index in [4.69, 9.17) is 10.7 Å². The second-order valence-electron chi connectivity index (χ2n) is 9.52. The van der Waals surface area contributed by atoms with Crippen molar-refractivity contribution in [1.29, 1.82) is 0 Å². The minimum Gasteiger partial charge on any atom is -0.367 e. The maximum atomic E-state index is 13.5. The molecule has 3 aromatic rings. The lowest BCUT2D eigenvalue weighted by molar-refractivity contribution is 0.0926. The van der Waals surface area contributed by atoms with Crippen LogP contribution in [0.4, 0.5) is 10.2 Å². The van der Waals surface area contributed by atoms with Crippen LogP contribution in [-0.4, -0.2) is 33.4 Å². The number of carbonyl (C=O) groups is 1. The normalized spacial score (nSPS) is 21.8. The topological polar surface area (TPSA) is 84.5 Å². The molecule has 5 rings (SSSR count). The zero-order valence-corrected chi connectivity index (χ0v) is 18.9. The highest BCUT2D eigenvalue weighted by molar-refractivity contribution is 5.95. The zero-order chi connectivity index (χ0) is 22.8. The van der Waals surface area contributed by atoms with Crippen molar-refractivity contribution in [2.45, 2.75) is 75.9 Å². The summed E-state index contributed by atoms with van der Waals surface area (Å²) < 4.78 is 15.5. The Morgan fingerprint density at radius 1 is 0.970 bits per heavy atom. The van der Waals surface area contributed by atoms with Crippen molar-refractivity contribution in [2.24, 2.45) is 5.73 Å². The first kappa shape index (κ1) is 21.9. The molecule has 2 saturated carbocycles. The van der Waals surface area contributed by atoms with E-state index in [2.05, 4.69) is 10.6 Å². The lowest BCUT2D eigenvalue weighted by atomic mass is 9.91. The van der Waals surface area contributed by atoms with Crippen molar-refractivity contribution < 1.29 is 9.18 Å². The van der Waals surface area contributed by atoms with Crippen LogP contribution in [0.3, 0.4) is 0 Å². The lowest BCUT2D eigenvalue weighted by Crippen LogP contribution is -2.40. The number of carbonyl (C=O) groups excluding carboxylic acids is 1. The fourth-order valence-electron chi connectivity index (χ4n) is 5.11. The second-order valence-corrected chi connectivity index (χ2v) is 9.52. The Kier molecular flexibility index (Phi) is 6.31. The summed E-state index contributed by atoms with van der Waals surface area (Å²) in [5.74, 6) is 0.551. The minimum absolute atomic E-state index is 0.0777. The van der Waals surface area contributed by atoms with E-state index >= 15 is 0 Å². The molecule has 1 amide bonds. The minimum atomic E-state index is -0.271. The predicted octanol–water partition coefficient (Wildman–Crippen LogP) is 4.88. The fourth-order valence-corrected chi connectivity index (χ4v) is 5.11. The van der Waals surface area contributed by atoms with Crippen molar-refractivity contribution in [1.82, 2.24) is 14.7 Å². The number of halogens is 1. The summed E-state index contributed by atoms with van der Waals surface area (Å²) in [4.78, 5) is 17.8. The van der Waals surface area contributed by atoms with Gasteiger partial charge in [0.2, 0.25) is 0 Å². The third-order valence-electron chi connectivity index (χ3n) is 7.06. The van der Waals surface area contributed by atoms with E-state index in [1.165, 1.54) is 31.4 Å². The lowest BCUT2D eigenvalue weighted by Gasteiger charge is -2.26. The maximum absolute atomic E-state index is 13.5. The number of amides is 1. The summed E-state index contributed by atoms with van der Waals surface area (Å²) in [6.45, 7) is 0. The highest BCUT2D eigenvalue weighted by Gasteiger charge is 2.23. The van der Waals surface area contributed by atoms with Gasteiger partial charge in [-0.1, -0.05) is 19.3 Å². The molecule has 0 radical (unpaired) electrons. The number of fused-ring (bicyclic) bond motifs is 1. The van der Waals surface area contributed by atoms with E-state index in [9.17, 15) is 9.18 Å². The summed E-state index contributed by atoms with van der Waals surface area (Å²) in [5, 5.41) is 6.85. The molecular formula is C26H32FN5O. The van der Waals surface area contributed by atoms with Gasteiger partial charge in [-0.05, 0) is 74.9 Å². The van der Waals surface area contributed by atoms with E-state index < -0.39 is 0 Å². The van der Waals surface area contributed by atoms with Gasteiger partial charge in [0, 0.05) is 35.4 Å². The van der Waals surface area contributed by atoms with Gasteiger partial charge in [0.15, 0.2) is 0 Å². The number of nitrogens with one attached hydrogen (secondary N) is 2. The fraction of sp³-hybridized carbons (Fsp3) is 0.462. The molecule has 6 nitrogen and oxygen atoms in total. The van der Waals surface area contributed by atoms with E-state index in [1.54, 1.807) is 12.1 Å². The number of benzene rings is 1. The number of hydrogen-bond acceptors (Lipinski definition) is 4. The Labute approximate surface area is 193 Å². The molecule has 4 N–H and O–H groups in total. The van der Waals surface area contributed by atoms with Crippen LogP contribution in [0.1, 0.15) is 68.1 Å². The molecule has 7 heteroatoms. The first-order chi connectivity index (χ1) is 16.1. The summed E-state index contributed by atoms with van der Waals surface area (Å²) in [7, 11) is 0. The van der Waals surface area contributed by atoms with Crippen molar-refractivity contribution in [3.05, 3.63) is 54.0 Å². The zero-order valence-electron chi connectivity index (χ0n) is 18.9. The highest BCUT2D eigenvalue weighted by Crippen LogP contribution is 2.32. The molecule has 2 heterocycles. The Morgan fingerprint density at radius 3 is 2.42 bits per heavy atom. The van der Waals surface area contributed by atoms with Crippen LogP contribution in [0.15, 0.2) is 42.6 Å². The number of hydrogen-bond donors (Lipinski definition) is 3. The molecule has 1 aromatic carbocycles. The number of aromatic nitrogens is 2. The van der Waals surface area contributed by atoms with Gasteiger partial charge in [0.05, 0.1) is 0 Å². The van der Waals surface area contributed by atoms with Gasteiger partial charge in [-0.15, -0.1) is 0 Å². The molecular weight excluding hydrogens is 417 g/mol. The van der Waals surface area contributed by atoms with Crippen molar-refractivity contribution in [2.75, 3.05) is 5.32 Å².